The molecule has 0 aromatic carbocycles. The fraction of sp³-hybridized carbons (Fsp3) is 0.909. The number of rotatable bonds is 21. The molecule has 0 radical (unpaired) electrons. The van der Waals surface area contributed by atoms with Crippen LogP contribution in [0.15, 0.2) is 0 Å². The van der Waals surface area contributed by atoms with Crippen molar-refractivity contribution in [2.75, 3.05) is 6.61 Å². The monoisotopic (exact) mass is 386 g/mol. The topological polar surface area (TPSA) is 83.8 Å². The van der Waals surface area contributed by atoms with Gasteiger partial charge in [-0.3, -0.25) is 0 Å². The van der Waals surface area contributed by atoms with E-state index in [4.69, 9.17) is 14.9 Å². The molecule has 0 saturated heterocycles. The Labute approximate surface area is 165 Å². The summed E-state index contributed by atoms with van der Waals surface area (Å²) in [5, 5.41) is 17.5. The molecular formula is C22H42O5. The van der Waals surface area contributed by atoms with Crippen molar-refractivity contribution in [1.82, 2.24) is 0 Å². The van der Waals surface area contributed by atoms with Gasteiger partial charge in [0.25, 0.3) is 0 Å². The summed E-state index contributed by atoms with van der Waals surface area (Å²) in [6.45, 7) is 1.71. The van der Waals surface area contributed by atoms with Crippen LogP contribution in [0.3, 0.4) is 0 Å². The molecule has 0 saturated carbocycles. The summed E-state index contributed by atoms with van der Waals surface area (Å²) < 4.78 is 4.89. The summed E-state index contributed by atoms with van der Waals surface area (Å²) in [6, 6.07) is 0. The maximum atomic E-state index is 11.0. The first-order chi connectivity index (χ1) is 13.1. The predicted molar refractivity (Wildman–Crippen MR) is 109 cm³/mol. The Kier molecular flexibility index (Phi) is 18.9. The molecule has 2 N–H and O–H groups in total. The Hall–Kier alpha value is -1.10. The number of hydrogen-bond acceptors (Lipinski definition) is 3. The zero-order valence-electron chi connectivity index (χ0n) is 17.4. The molecule has 0 aliphatic heterocycles. The minimum absolute atomic E-state index is 0.390. The Balaban J connectivity index is 3.30. The van der Waals surface area contributed by atoms with Crippen molar-refractivity contribution >= 4 is 11.9 Å². The molecule has 0 spiro atoms. The van der Waals surface area contributed by atoms with Gasteiger partial charge >= 0.3 is 11.9 Å². The van der Waals surface area contributed by atoms with Crippen LogP contribution >= 0.6 is 0 Å². The van der Waals surface area contributed by atoms with E-state index in [0.717, 1.165) is 19.3 Å². The van der Waals surface area contributed by atoms with Crippen LogP contribution in [0, 0.1) is 0 Å². The van der Waals surface area contributed by atoms with Crippen LogP contribution in [0.1, 0.15) is 116 Å². The summed E-state index contributed by atoms with van der Waals surface area (Å²) >= 11 is 0. The highest BCUT2D eigenvalue weighted by atomic mass is 16.5. The average Bonchev–Trinajstić information content (AvgIpc) is 2.63. The Morgan fingerprint density at radius 3 is 1.37 bits per heavy atom. The summed E-state index contributed by atoms with van der Waals surface area (Å²) in [6.07, 6.45) is 19.8. The quantitative estimate of drug-likeness (QED) is 0.230. The number of carboxylic acid groups (broad SMARTS) is 2. The molecule has 0 rings (SSSR count). The van der Waals surface area contributed by atoms with E-state index in [9.17, 15) is 9.59 Å². The molecular weight excluding hydrogens is 344 g/mol. The van der Waals surface area contributed by atoms with Crippen molar-refractivity contribution in [3.05, 3.63) is 0 Å². The van der Waals surface area contributed by atoms with Crippen molar-refractivity contribution in [3.8, 4) is 0 Å². The maximum absolute atomic E-state index is 11.0. The van der Waals surface area contributed by atoms with Gasteiger partial charge in [0.1, 0.15) is 6.61 Å². The lowest BCUT2D eigenvalue weighted by Crippen LogP contribution is -2.26. The molecule has 0 amide bonds. The molecule has 0 aliphatic carbocycles. The fourth-order valence-corrected chi connectivity index (χ4v) is 3.33. The Bertz CT molecular complexity index is 357. The van der Waals surface area contributed by atoms with E-state index >= 15 is 0 Å². The summed E-state index contributed by atoms with van der Waals surface area (Å²) in [7, 11) is 0. The van der Waals surface area contributed by atoms with Crippen LogP contribution in [0.5, 0.6) is 0 Å². The lowest BCUT2D eigenvalue weighted by molar-refractivity contribution is -0.156. The van der Waals surface area contributed by atoms with Gasteiger partial charge in [-0.2, -0.15) is 0 Å². The van der Waals surface area contributed by atoms with Gasteiger partial charge in [-0.15, -0.1) is 0 Å². The van der Waals surface area contributed by atoms with Crippen LogP contribution in [-0.2, 0) is 14.3 Å². The fourth-order valence-electron chi connectivity index (χ4n) is 3.33. The molecule has 0 fully saturated rings. The molecule has 160 valence electrons. The van der Waals surface area contributed by atoms with Gasteiger partial charge in [0.15, 0.2) is 6.10 Å². The average molecular weight is 387 g/mol. The van der Waals surface area contributed by atoms with Gasteiger partial charge in [-0.1, -0.05) is 110 Å². The van der Waals surface area contributed by atoms with Crippen molar-refractivity contribution in [2.45, 2.75) is 122 Å². The maximum Gasteiger partial charge on any atom is 0.332 e. The molecule has 27 heavy (non-hydrogen) atoms. The van der Waals surface area contributed by atoms with E-state index in [0.29, 0.717) is 6.42 Å². The van der Waals surface area contributed by atoms with Gasteiger partial charge < -0.3 is 14.9 Å². The molecule has 0 bridgehead atoms. The molecule has 1 atom stereocenters. The minimum atomic E-state index is -1.13. The Morgan fingerprint density at radius 1 is 0.667 bits per heavy atom. The predicted octanol–water partition coefficient (Wildman–Crippen LogP) is 6.19. The second-order valence-corrected chi connectivity index (χ2v) is 7.62. The second-order valence-electron chi connectivity index (χ2n) is 7.62. The highest BCUT2D eigenvalue weighted by Gasteiger charge is 2.18. The Morgan fingerprint density at radius 2 is 1.04 bits per heavy atom. The molecule has 5 heteroatoms. The highest BCUT2D eigenvalue weighted by Crippen LogP contribution is 2.14. The van der Waals surface area contributed by atoms with Crippen LogP contribution in [0.2, 0.25) is 0 Å². The number of hydrogen-bond donors (Lipinski definition) is 2. The third-order valence-electron chi connectivity index (χ3n) is 5.00. The van der Waals surface area contributed by atoms with Crippen LogP contribution in [0.4, 0.5) is 0 Å². The first kappa shape index (κ1) is 25.9. The minimum Gasteiger partial charge on any atom is -0.480 e. The SMILES string of the molecule is CCCCCCCCCCCCCCCCCCC(OCC(=O)O)C(=O)O. The first-order valence-corrected chi connectivity index (χ1v) is 11.1. The van der Waals surface area contributed by atoms with Crippen LogP contribution in [0.25, 0.3) is 0 Å². The van der Waals surface area contributed by atoms with Crippen molar-refractivity contribution < 1.29 is 24.5 Å². The van der Waals surface area contributed by atoms with Crippen molar-refractivity contribution in [2.24, 2.45) is 0 Å². The van der Waals surface area contributed by atoms with Crippen LogP contribution < -0.4 is 0 Å². The van der Waals surface area contributed by atoms with E-state index in [2.05, 4.69) is 6.92 Å². The van der Waals surface area contributed by atoms with Crippen LogP contribution in [-0.4, -0.2) is 34.9 Å². The number of unbranched alkanes of at least 4 members (excludes halogenated alkanes) is 15. The standard InChI is InChI=1S/C22H42O5/c1-2-3-4-5-6-7-8-9-10-11-12-13-14-15-16-17-18-20(22(25)26)27-19-21(23)24/h20H,2-19H2,1H3,(H,23,24)(H,25,26). The van der Waals surface area contributed by atoms with Gasteiger partial charge in [0.2, 0.25) is 0 Å². The number of carbonyl (C=O) groups is 2. The van der Waals surface area contributed by atoms with E-state index in [1.807, 2.05) is 0 Å². The molecule has 0 aromatic heterocycles. The molecule has 0 aliphatic rings. The van der Waals surface area contributed by atoms with Crippen molar-refractivity contribution in [3.63, 3.8) is 0 Å². The molecule has 0 heterocycles. The number of aliphatic carboxylic acids is 2. The molecule has 1 unspecified atom stereocenters. The van der Waals surface area contributed by atoms with E-state index < -0.39 is 24.6 Å². The van der Waals surface area contributed by atoms with Gasteiger partial charge in [-0.25, -0.2) is 9.59 Å². The lowest BCUT2D eigenvalue weighted by atomic mass is 10.0. The zero-order valence-corrected chi connectivity index (χ0v) is 17.4. The second kappa shape index (κ2) is 19.7. The van der Waals surface area contributed by atoms with Gasteiger partial charge in [0, 0.05) is 0 Å². The summed E-state index contributed by atoms with van der Waals surface area (Å²) in [5.41, 5.74) is 0. The number of carboxylic acids is 2. The van der Waals surface area contributed by atoms with Gasteiger partial charge in [0.05, 0.1) is 0 Å². The lowest BCUT2D eigenvalue weighted by Gasteiger charge is -2.11. The summed E-state index contributed by atoms with van der Waals surface area (Å²) in [4.78, 5) is 21.4. The largest absolute Gasteiger partial charge is 0.480 e. The van der Waals surface area contributed by atoms with E-state index in [-0.39, 0.29) is 0 Å². The third kappa shape index (κ3) is 19.5. The number of ether oxygens (including phenoxy) is 1. The zero-order chi connectivity index (χ0) is 20.2. The van der Waals surface area contributed by atoms with E-state index in [1.54, 1.807) is 0 Å². The van der Waals surface area contributed by atoms with Gasteiger partial charge in [-0.05, 0) is 6.42 Å². The molecule has 0 aromatic rings. The highest BCUT2D eigenvalue weighted by molar-refractivity contribution is 5.73. The van der Waals surface area contributed by atoms with E-state index in [1.165, 1.54) is 83.5 Å². The normalized spacial score (nSPS) is 12.2. The molecule has 5 nitrogen and oxygen atoms in total. The summed E-state index contributed by atoms with van der Waals surface area (Å²) in [5.74, 6) is -2.20. The first-order valence-electron chi connectivity index (χ1n) is 11.1. The smallest absolute Gasteiger partial charge is 0.332 e. The van der Waals surface area contributed by atoms with Crippen molar-refractivity contribution in [1.29, 1.82) is 0 Å². The third-order valence-corrected chi connectivity index (χ3v) is 5.00.